The van der Waals surface area contributed by atoms with Crippen LogP contribution < -0.4 is 10.1 Å². The monoisotopic (exact) mass is 288 g/mol. The van der Waals surface area contributed by atoms with Gasteiger partial charge in [0.15, 0.2) is 0 Å². The number of ether oxygens (including phenoxy) is 1. The number of carbonyl (C=O) groups is 1. The summed E-state index contributed by atoms with van der Waals surface area (Å²) in [5.41, 5.74) is -0.154. The summed E-state index contributed by atoms with van der Waals surface area (Å²) in [7, 11) is 0. The number of likely N-dealkylation sites (N-methyl/N-ethyl adjacent to an activating group) is 1. The van der Waals surface area contributed by atoms with Crippen molar-refractivity contribution in [3.05, 3.63) is 33.3 Å². The second kappa shape index (κ2) is 6.91. The fourth-order valence-electron chi connectivity index (χ4n) is 1.36. The summed E-state index contributed by atoms with van der Waals surface area (Å²) >= 11 is 5.82. The molecular formula is C11H13ClN2O5. The number of hydrogen-bond donors (Lipinski definition) is 2. The summed E-state index contributed by atoms with van der Waals surface area (Å²) in [6, 6.07) is 2.87. The molecule has 1 atom stereocenters. The van der Waals surface area contributed by atoms with Crippen LogP contribution in [0.4, 0.5) is 5.69 Å². The molecule has 0 spiro atoms. The Bertz CT molecular complexity index is 480. The molecule has 0 aliphatic carbocycles. The van der Waals surface area contributed by atoms with E-state index in [1.807, 2.05) is 0 Å². The predicted molar refractivity (Wildman–Crippen MR) is 68.7 cm³/mol. The minimum absolute atomic E-state index is 0.0647. The number of halogens is 1. The smallest absolute Gasteiger partial charge is 0.324 e. The van der Waals surface area contributed by atoms with E-state index in [1.54, 1.807) is 6.92 Å². The number of carboxylic acid groups (broad SMARTS) is 1. The van der Waals surface area contributed by atoms with Crippen LogP contribution >= 0.6 is 11.6 Å². The molecule has 1 aromatic carbocycles. The molecule has 2 N–H and O–H groups in total. The third-order valence-corrected chi connectivity index (χ3v) is 2.58. The Morgan fingerprint density at radius 1 is 1.63 bits per heavy atom. The van der Waals surface area contributed by atoms with Gasteiger partial charge in [-0.15, -0.1) is 0 Å². The van der Waals surface area contributed by atoms with Crippen molar-refractivity contribution in [2.45, 2.75) is 13.0 Å². The molecule has 1 unspecified atom stereocenters. The highest BCUT2D eigenvalue weighted by atomic mass is 35.5. The van der Waals surface area contributed by atoms with E-state index in [9.17, 15) is 14.9 Å². The molecule has 1 aromatic rings. The average Bonchev–Trinajstić information content (AvgIpc) is 2.35. The van der Waals surface area contributed by atoms with Gasteiger partial charge in [0.2, 0.25) is 0 Å². The van der Waals surface area contributed by atoms with Crippen molar-refractivity contribution in [1.29, 1.82) is 0 Å². The third-order valence-electron chi connectivity index (χ3n) is 2.28. The lowest BCUT2D eigenvalue weighted by Crippen LogP contribution is -2.41. The maximum Gasteiger partial charge on any atom is 0.324 e. The van der Waals surface area contributed by atoms with Gasteiger partial charge in [-0.2, -0.15) is 0 Å². The van der Waals surface area contributed by atoms with Gasteiger partial charge in [0.1, 0.15) is 18.4 Å². The van der Waals surface area contributed by atoms with Crippen LogP contribution in [0.15, 0.2) is 18.2 Å². The van der Waals surface area contributed by atoms with E-state index in [0.717, 1.165) is 6.07 Å². The zero-order valence-electron chi connectivity index (χ0n) is 10.1. The van der Waals surface area contributed by atoms with Gasteiger partial charge in [-0.25, -0.2) is 0 Å². The van der Waals surface area contributed by atoms with Crippen LogP contribution in [-0.2, 0) is 4.79 Å². The molecule has 0 bridgehead atoms. The van der Waals surface area contributed by atoms with Gasteiger partial charge in [0.25, 0.3) is 5.69 Å². The highest BCUT2D eigenvalue weighted by Crippen LogP contribution is 2.28. The standard InChI is InChI=1S/C11H13ClN2O5/c1-2-13-9(11(15)16)6-19-10-4-3-7(14(17)18)5-8(10)12/h3-5,9,13H,2,6H2,1H3,(H,15,16). The number of hydrogen-bond acceptors (Lipinski definition) is 5. The van der Waals surface area contributed by atoms with Crippen LogP contribution in [0.2, 0.25) is 5.02 Å². The Balaban J connectivity index is 2.72. The number of nitrogens with zero attached hydrogens (tertiary/aromatic N) is 1. The molecule has 1 rings (SSSR count). The van der Waals surface area contributed by atoms with Gasteiger partial charge in [-0.05, 0) is 12.6 Å². The molecule has 0 fully saturated rings. The average molecular weight is 289 g/mol. The van der Waals surface area contributed by atoms with Crippen LogP contribution in [0.25, 0.3) is 0 Å². The summed E-state index contributed by atoms with van der Waals surface area (Å²) < 4.78 is 5.25. The van der Waals surface area contributed by atoms with Crippen molar-refractivity contribution >= 4 is 23.3 Å². The Labute approximate surface area is 114 Å². The summed E-state index contributed by atoms with van der Waals surface area (Å²) in [5, 5.41) is 22.2. The minimum Gasteiger partial charge on any atom is -0.490 e. The quantitative estimate of drug-likeness (QED) is 0.585. The highest BCUT2D eigenvalue weighted by Gasteiger charge is 2.18. The number of non-ortho nitro benzene ring substituents is 1. The van der Waals surface area contributed by atoms with Gasteiger partial charge in [-0.1, -0.05) is 18.5 Å². The number of benzene rings is 1. The molecule has 0 radical (unpaired) electrons. The first kappa shape index (κ1) is 15.2. The summed E-state index contributed by atoms with van der Waals surface area (Å²) in [5.74, 6) is -0.837. The summed E-state index contributed by atoms with van der Waals surface area (Å²) in [4.78, 5) is 20.8. The van der Waals surface area contributed by atoms with Gasteiger partial charge in [0.05, 0.1) is 9.95 Å². The minimum atomic E-state index is -1.04. The van der Waals surface area contributed by atoms with Gasteiger partial charge in [0, 0.05) is 12.1 Å². The zero-order chi connectivity index (χ0) is 14.4. The number of carboxylic acids is 1. The number of rotatable bonds is 7. The Morgan fingerprint density at radius 2 is 2.32 bits per heavy atom. The first-order valence-electron chi connectivity index (χ1n) is 5.48. The Hall–Kier alpha value is -1.86. The number of nitrogens with one attached hydrogen (secondary N) is 1. The van der Waals surface area contributed by atoms with Gasteiger partial charge in [-0.3, -0.25) is 14.9 Å². The van der Waals surface area contributed by atoms with Gasteiger partial charge < -0.3 is 15.2 Å². The van der Waals surface area contributed by atoms with Crippen molar-refractivity contribution in [3.8, 4) is 5.75 Å². The van der Waals surface area contributed by atoms with Crippen LogP contribution in [0.1, 0.15) is 6.92 Å². The topological polar surface area (TPSA) is 102 Å². The SMILES string of the molecule is CCNC(COc1ccc([N+](=O)[O-])cc1Cl)C(=O)O. The lowest BCUT2D eigenvalue weighted by atomic mass is 10.3. The second-order valence-corrected chi connectivity index (χ2v) is 4.04. The van der Waals surface area contributed by atoms with Crippen molar-refractivity contribution < 1.29 is 19.6 Å². The van der Waals surface area contributed by atoms with E-state index in [2.05, 4.69) is 5.32 Å². The number of aliphatic carboxylic acids is 1. The van der Waals surface area contributed by atoms with Crippen molar-refractivity contribution in [2.24, 2.45) is 0 Å². The molecule has 0 aliphatic rings. The van der Waals surface area contributed by atoms with E-state index < -0.39 is 16.9 Å². The van der Waals surface area contributed by atoms with E-state index in [-0.39, 0.29) is 23.1 Å². The lowest BCUT2D eigenvalue weighted by molar-refractivity contribution is -0.384. The molecule has 0 aromatic heterocycles. The van der Waals surface area contributed by atoms with Crippen LogP contribution in [0.3, 0.4) is 0 Å². The molecule has 0 aliphatic heterocycles. The third kappa shape index (κ3) is 4.38. The molecule has 0 saturated carbocycles. The van der Waals surface area contributed by atoms with E-state index in [1.165, 1.54) is 12.1 Å². The van der Waals surface area contributed by atoms with E-state index in [0.29, 0.717) is 6.54 Å². The molecule has 0 saturated heterocycles. The van der Waals surface area contributed by atoms with Crippen molar-refractivity contribution in [2.75, 3.05) is 13.2 Å². The molecule has 0 amide bonds. The maximum atomic E-state index is 10.9. The maximum absolute atomic E-state index is 10.9. The zero-order valence-corrected chi connectivity index (χ0v) is 10.9. The lowest BCUT2D eigenvalue weighted by Gasteiger charge is -2.14. The van der Waals surface area contributed by atoms with Crippen molar-refractivity contribution in [1.82, 2.24) is 5.32 Å². The molecule has 0 heterocycles. The van der Waals surface area contributed by atoms with Crippen LogP contribution in [-0.4, -0.2) is 35.2 Å². The molecule has 104 valence electrons. The molecule has 7 nitrogen and oxygen atoms in total. The molecule has 19 heavy (non-hydrogen) atoms. The van der Waals surface area contributed by atoms with Crippen LogP contribution in [0.5, 0.6) is 5.75 Å². The number of nitro benzene ring substituents is 1. The second-order valence-electron chi connectivity index (χ2n) is 3.63. The normalized spacial score (nSPS) is 11.9. The first-order valence-corrected chi connectivity index (χ1v) is 5.86. The fourth-order valence-corrected chi connectivity index (χ4v) is 1.59. The predicted octanol–water partition coefficient (Wildman–Crippen LogP) is 1.69. The van der Waals surface area contributed by atoms with Gasteiger partial charge >= 0.3 is 5.97 Å². The summed E-state index contributed by atoms with van der Waals surface area (Å²) in [6.45, 7) is 2.13. The fraction of sp³-hybridized carbons (Fsp3) is 0.364. The molecule has 8 heteroatoms. The highest BCUT2D eigenvalue weighted by molar-refractivity contribution is 6.32. The van der Waals surface area contributed by atoms with Crippen LogP contribution in [0, 0.1) is 10.1 Å². The van der Waals surface area contributed by atoms with Crippen molar-refractivity contribution in [3.63, 3.8) is 0 Å². The summed E-state index contributed by atoms with van der Waals surface area (Å²) in [6.07, 6.45) is 0. The Kier molecular flexibility index (Phi) is 5.53. The van der Waals surface area contributed by atoms with E-state index in [4.69, 9.17) is 21.4 Å². The Morgan fingerprint density at radius 3 is 2.79 bits per heavy atom. The number of nitro groups is 1. The first-order chi connectivity index (χ1) is 8.95. The largest absolute Gasteiger partial charge is 0.490 e. The molecular weight excluding hydrogens is 276 g/mol. The van der Waals surface area contributed by atoms with E-state index >= 15 is 0 Å².